The number of nitrogens with one attached hydrogen (secondary N) is 3. The average molecular weight is 554 g/mol. The number of carboxylic acids is 3. The number of hydrogen-bond donors (Lipinski definition) is 8. The molecule has 1 aliphatic rings. The lowest BCUT2D eigenvalue weighted by Crippen LogP contribution is -2.53. The third-order valence-corrected chi connectivity index (χ3v) is 7.00. The van der Waals surface area contributed by atoms with E-state index in [2.05, 4.69) is 16.0 Å². The molecule has 4 atom stereocenters. The van der Waals surface area contributed by atoms with Crippen LogP contribution in [-0.4, -0.2) is 116 Å². The highest BCUT2D eigenvalue weighted by molar-refractivity contribution is 8.76. The van der Waals surface area contributed by atoms with Gasteiger partial charge in [-0.2, -0.15) is 0 Å². The maximum absolute atomic E-state index is 12.5. The molecule has 1 rings (SSSR count). The third-order valence-electron chi connectivity index (χ3n) is 4.60. The molecule has 0 saturated carbocycles. The first-order valence-corrected chi connectivity index (χ1v) is 12.8. The van der Waals surface area contributed by atoms with Gasteiger partial charge in [0.05, 0.1) is 12.5 Å². The minimum Gasteiger partial charge on any atom is -0.481 e. The van der Waals surface area contributed by atoms with Gasteiger partial charge in [-0.1, -0.05) is 21.6 Å². The van der Waals surface area contributed by atoms with Crippen LogP contribution in [0.4, 0.5) is 0 Å². The Hall–Kier alpha value is -3.09. The van der Waals surface area contributed by atoms with Gasteiger partial charge in [0.1, 0.15) is 31.4 Å². The van der Waals surface area contributed by atoms with E-state index in [9.17, 15) is 38.7 Å². The summed E-state index contributed by atoms with van der Waals surface area (Å²) in [6.45, 7) is -1.45. The first kappa shape index (κ1) is 30.9. The van der Waals surface area contributed by atoms with Gasteiger partial charge in [0.25, 0.3) is 0 Å². The monoisotopic (exact) mass is 553 g/mol. The Bertz CT molecular complexity index is 874. The van der Waals surface area contributed by atoms with Crippen LogP contribution >= 0.6 is 21.6 Å². The molecule has 18 heteroatoms. The van der Waals surface area contributed by atoms with Gasteiger partial charge < -0.3 is 47.0 Å². The van der Waals surface area contributed by atoms with Crippen molar-refractivity contribution in [2.24, 2.45) is 5.73 Å². The number of carboxylic acid groups (broad SMARTS) is 3. The summed E-state index contributed by atoms with van der Waals surface area (Å²) in [5.74, 6) is -7.49. The zero-order valence-electron chi connectivity index (χ0n) is 18.7. The minimum atomic E-state index is -1.47. The summed E-state index contributed by atoms with van der Waals surface area (Å²) < 4.78 is 0. The summed E-state index contributed by atoms with van der Waals surface area (Å²) in [4.78, 5) is 82.3. The predicted octanol–water partition coefficient (Wildman–Crippen LogP) is -3.63. The number of hydrogen-bond acceptors (Lipinski definition) is 11. The lowest BCUT2D eigenvalue weighted by molar-refractivity contribution is -0.144. The van der Waals surface area contributed by atoms with Crippen LogP contribution in [0.15, 0.2) is 0 Å². The van der Waals surface area contributed by atoms with Gasteiger partial charge in [-0.15, -0.1) is 0 Å². The first-order valence-electron chi connectivity index (χ1n) is 10.3. The van der Waals surface area contributed by atoms with E-state index in [1.54, 1.807) is 0 Å². The zero-order chi connectivity index (χ0) is 27.4. The molecule has 0 radical (unpaired) electrons. The largest absolute Gasteiger partial charge is 0.481 e. The van der Waals surface area contributed by atoms with Crippen molar-refractivity contribution in [3.05, 3.63) is 0 Å². The highest BCUT2D eigenvalue weighted by Gasteiger charge is 2.39. The van der Waals surface area contributed by atoms with Crippen LogP contribution < -0.4 is 21.7 Å². The second kappa shape index (κ2) is 15.1. The van der Waals surface area contributed by atoms with E-state index < -0.39 is 85.4 Å². The molecule has 0 aromatic carbocycles. The molecule has 0 bridgehead atoms. The molecule has 202 valence electrons. The number of carbonyl (C=O) groups excluding carboxylic acids is 4. The van der Waals surface area contributed by atoms with E-state index in [1.165, 1.54) is 0 Å². The van der Waals surface area contributed by atoms with E-state index in [4.69, 9.17) is 21.1 Å². The summed E-state index contributed by atoms with van der Waals surface area (Å²) in [5.41, 5.74) is 5.48. The molecule has 16 nitrogen and oxygen atoms in total. The van der Waals surface area contributed by atoms with Crippen molar-refractivity contribution in [3.8, 4) is 0 Å². The van der Waals surface area contributed by atoms with Gasteiger partial charge in [-0.25, -0.2) is 0 Å². The molecular weight excluding hydrogens is 526 g/mol. The number of aliphatic hydroxyl groups excluding tert-OH is 1. The minimum absolute atomic E-state index is 0.00383. The van der Waals surface area contributed by atoms with Crippen LogP contribution in [0.5, 0.6) is 0 Å². The van der Waals surface area contributed by atoms with Crippen LogP contribution in [0, 0.1) is 0 Å². The van der Waals surface area contributed by atoms with Gasteiger partial charge in [-0.05, 0) is 0 Å². The van der Waals surface area contributed by atoms with Gasteiger partial charge >= 0.3 is 17.9 Å². The highest BCUT2D eigenvalue weighted by Crippen LogP contribution is 2.28. The number of likely N-dealkylation sites (tertiary alicyclic amines) is 1. The smallest absolute Gasteiger partial charge is 0.322 e. The SMILES string of the molecule is N[C@@H](CC(=O)O)C(=O)N[C@@H](CSSC[C@H](C(=O)NCC(=O)O)N1C(=O)CCC1O)C(=O)NCC(=O)O. The lowest BCUT2D eigenvalue weighted by Gasteiger charge is -2.29. The van der Waals surface area contributed by atoms with Crippen LogP contribution in [-0.2, 0) is 33.6 Å². The van der Waals surface area contributed by atoms with Crippen LogP contribution in [0.2, 0.25) is 0 Å². The molecular formula is C18H27N5O11S2. The van der Waals surface area contributed by atoms with E-state index >= 15 is 0 Å². The average Bonchev–Trinajstić information content (AvgIpc) is 3.12. The molecule has 1 aliphatic heterocycles. The summed E-state index contributed by atoms with van der Waals surface area (Å²) in [6.07, 6.45) is -1.87. The van der Waals surface area contributed by atoms with Crippen LogP contribution in [0.25, 0.3) is 0 Å². The van der Waals surface area contributed by atoms with Crippen molar-refractivity contribution in [2.45, 2.75) is 43.6 Å². The molecule has 0 aromatic heterocycles. The molecule has 1 saturated heterocycles. The molecule has 1 unspecified atom stereocenters. The van der Waals surface area contributed by atoms with Crippen molar-refractivity contribution >= 4 is 63.1 Å². The quantitative estimate of drug-likeness (QED) is 0.0677. The van der Waals surface area contributed by atoms with Gasteiger partial charge in [-0.3, -0.25) is 33.6 Å². The summed E-state index contributed by atoms with van der Waals surface area (Å²) >= 11 is 0. The summed E-state index contributed by atoms with van der Waals surface area (Å²) in [7, 11) is 1.91. The molecule has 4 amide bonds. The normalized spacial score (nSPS) is 17.6. The number of carbonyl (C=O) groups is 7. The number of amides is 4. The Kier molecular flexibility index (Phi) is 13.0. The Balaban J connectivity index is 2.83. The number of aliphatic hydroxyl groups is 1. The molecule has 9 N–H and O–H groups in total. The number of nitrogens with zero attached hydrogens (tertiary/aromatic N) is 1. The third kappa shape index (κ3) is 10.7. The Morgan fingerprint density at radius 3 is 1.97 bits per heavy atom. The van der Waals surface area contributed by atoms with Gasteiger partial charge in [0, 0.05) is 24.3 Å². The second-order valence-electron chi connectivity index (χ2n) is 7.39. The Morgan fingerprint density at radius 2 is 1.47 bits per heavy atom. The van der Waals surface area contributed by atoms with Crippen molar-refractivity contribution in [3.63, 3.8) is 0 Å². The number of aliphatic carboxylic acids is 3. The van der Waals surface area contributed by atoms with Gasteiger partial charge in [0.15, 0.2) is 0 Å². The summed E-state index contributed by atoms with van der Waals surface area (Å²) in [6, 6.07) is -4.03. The Morgan fingerprint density at radius 1 is 0.917 bits per heavy atom. The maximum Gasteiger partial charge on any atom is 0.322 e. The fourth-order valence-electron chi connectivity index (χ4n) is 2.89. The fourth-order valence-corrected chi connectivity index (χ4v) is 5.26. The van der Waals surface area contributed by atoms with Gasteiger partial charge in [0.2, 0.25) is 23.6 Å². The van der Waals surface area contributed by atoms with Crippen molar-refractivity contribution in [2.75, 3.05) is 24.6 Å². The number of rotatable bonds is 16. The van der Waals surface area contributed by atoms with Crippen molar-refractivity contribution in [1.29, 1.82) is 0 Å². The standard InChI is InChI=1S/C18H27N5O11S2/c19-8(3-13(26)27)16(32)22-9(17(33)20-4-14(28)29)6-35-36-7-10(18(34)21-5-15(30)31)23-11(24)1-2-12(23)25/h8-11,24H,1-7,19H2,(H,20,33)(H,21,34)(H,22,32)(H,26,27)(H,28,29)(H,30,31)/t8-,9-,10+,11?/m0/s1. The molecule has 0 aliphatic carbocycles. The van der Waals surface area contributed by atoms with Crippen molar-refractivity contribution < 1.29 is 54.0 Å². The van der Waals surface area contributed by atoms with E-state index in [-0.39, 0.29) is 24.3 Å². The topological polar surface area (TPSA) is 266 Å². The van der Waals surface area contributed by atoms with Crippen LogP contribution in [0.3, 0.4) is 0 Å². The number of nitrogens with two attached hydrogens (primary N) is 1. The molecule has 0 aromatic rings. The first-order chi connectivity index (χ1) is 16.8. The molecule has 1 fully saturated rings. The van der Waals surface area contributed by atoms with E-state index in [0.29, 0.717) is 0 Å². The van der Waals surface area contributed by atoms with E-state index in [1.807, 2.05) is 0 Å². The molecule has 1 heterocycles. The van der Waals surface area contributed by atoms with Crippen LogP contribution in [0.1, 0.15) is 19.3 Å². The maximum atomic E-state index is 12.5. The van der Waals surface area contributed by atoms with Crippen molar-refractivity contribution in [1.82, 2.24) is 20.9 Å². The Labute approximate surface area is 212 Å². The highest BCUT2D eigenvalue weighted by atomic mass is 33.1. The summed E-state index contributed by atoms with van der Waals surface area (Å²) in [5, 5.41) is 42.8. The molecule has 0 spiro atoms. The van der Waals surface area contributed by atoms with E-state index in [0.717, 1.165) is 26.5 Å². The lowest BCUT2D eigenvalue weighted by atomic mass is 10.2. The zero-order valence-corrected chi connectivity index (χ0v) is 20.4. The predicted molar refractivity (Wildman–Crippen MR) is 124 cm³/mol. The second-order valence-corrected chi connectivity index (χ2v) is 9.95. The fraction of sp³-hybridized carbons (Fsp3) is 0.611. The molecule has 36 heavy (non-hydrogen) atoms.